The highest BCUT2D eigenvalue weighted by molar-refractivity contribution is 6.31. The molecule has 0 aliphatic rings. The van der Waals surface area contributed by atoms with Crippen molar-refractivity contribution in [3.05, 3.63) is 53.9 Å². The molecular weight excluding hydrogens is 326 g/mol. The quantitative estimate of drug-likeness (QED) is 0.560. The van der Waals surface area contributed by atoms with Crippen LogP contribution in [0.5, 0.6) is 11.5 Å². The lowest BCUT2D eigenvalue weighted by atomic mass is 10.2. The maximum absolute atomic E-state index is 6.17. The monoisotopic (exact) mass is 339 g/mol. The average molecular weight is 340 g/mol. The van der Waals surface area contributed by atoms with Crippen LogP contribution in [0.4, 0.5) is 0 Å². The van der Waals surface area contributed by atoms with E-state index in [9.17, 15) is 0 Å². The Labute approximate surface area is 143 Å². The number of imidazole rings is 1. The minimum atomic E-state index is 0.651. The highest BCUT2D eigenvalue weighted by atomic mass is 35.5. The van der Waals surface area contributed by atoms with E-state index in [-0.39, 0.29) is 0 Å². The first-order valence-electron chi connectivity index (χ1n) is 7.35. The van der Waals surface area contributed by atoms with Crippen molar-refractivity contribution in [1.29, 1.82) is 0 Å². The average Bonchev–Trinajstić information content (AvgIpc) is 3.02. The van der Waals surface area contributed by atoms with Gasteiger partial charge in [-0.15, -0.1) is 0 Å². The second kappa shape index (κ2) is 5.69. The van der Waals surface area contributed by atoms with Gasteiger partial charge in [0.15, 0.2) is 11.5 Å². The molecule has 4 aromatic rings. The van der Waals surface area contributed by atoms with Gasteiger partial charge in [0, 0.05) is 28.7 Å². The molecule has 0 amide bonds. The van der Waals surface area contributed by atoms with Crippen molar-refractivity contribution in [3.8, 4) is 17.2 Å². The van der Waals surface area contributed by atoms with Crippen LogP contribution in [0.25, 0.3) is 27.6 Å². The first kappa shape index (κ1) is 14.8. The van der Waals surface area contributed by atoms with Crippen molar-refractivity contribution < 1.29 is 9.47 Å². The summed E-state index contributed by atoms with van der Waals surface area (Å²) < 4.78 is 12.8. The molecule has 0 radical (unpaired) electrons. The SMILES string of the molecule is COc1cc2ncn(-c3ccnc4ccc(Cl)cc34)c2cc1OC. The Bertz CT molecular complexity index is 1060. The molecule has 0 bridgehead atoms. The van der Waals surface area contributed by atoms with Gasteiger partial charge in [0.25, 0.3) is 0 Å². The third-order valence-corrected chi connectivity index (χ3v) is 4.23. The van der Waals surface area contributed by atoms with Gasteiger partial charge in [-0.3, -0.25) is 9.55 Å². The van der Waals surface area contributed by atoms with Crippen LogP contribution < -0.4 is 9.47 Å². The zero-order valence-electron chi connectivity index (χ0n) is 13.2. The number of aromatic nitrogens is 3. The van der Waals surface area contributed by atoms with Crippen LogP contribution >= 0.6 is 11.6 Å². The Morgan fingerprint density at radius 1 is 0.917 bits per heavy atom. The fourth-order valence-corrected chi connectivity index (χ4v) is 3.01. The number of methoxy groups -OCH3 is 2. The summed E-state index contributed by atoms with van der Waals surface area (Å²) in [6, 6.07) is 11.4. The van der Waals surface area contributed by atoms with Crippen LogP contribution in [0.15, 0.2) is 48.9 Å². The van der Waals surface area contributed by atoms with Gasteiger partial charge in [-0.25, -0.2) is 4.98 Å². The number of benzene rings is 2. The third-order valence-electron chi connectivity index (χ3n) is 3.99. The molecule has 2 heterocycles. The van der Waals surface area contributed by atoms with E-state index in [0.29, 0.717) is 16.5 Å². The van der Waals surface area contributed by atoms with Crippen molar-refractivity contribution in [2.75, 3.05) is 14.2 Å². The molecule has 0 N–H and O–H groups in total. The van der Waals surface area contributed by atoms with Crippen LogP contribution in [0.3, 0.4) is 0 Å². The number of ether oxygens (including phenoxy) is 2. The molecule has 0 atom stereocenters. The lowest BCUT2D eigenvalue weighted by molar-refractivity contribution is 0.355. The van der Waals surface area contributed by atoms with Crippen molar-refractivity contribution >= 4 is 33.5 Å². The lowest BCUT2D eigenvalue weighted by Crippen LogP contribution is -1.96. The zero-order valence-corrected chi connectivity index (χ0v) is 13.9. The fraction of sp³-hybridized carbons (Fsp3) is 0.111. The van der Waals surface area contributed by atoms with Gasteiger partial charge in [0.2, 0.25) is 0 Å². The predicted octanol–water partition coefficient (Wildman–Crippen LogP) is 4.24. The maximum atomic E-state index is 6.17. The first-order chi connectivity index (χ1) is 11.7. The van der Waals surface area contributed by atoms with E-state index in [1.807, 2.05) is 41.0 Å². The molecule has 0 saturated heterocycles. The summed E-state index contributed by atoms with van der Waals surface area (Å²) in [4.78, 5) is 8.88. The number of nitrogens with zero attached hydrogens (tertiary/aromatic N) is 3. The van der Waals surface area contributed by atoms with Crippen molar-refractivity contribution in [3.63, 3.8) is 0 Å². The standard InChI is InChI=1S/C18H14ClN3O2/c1-23-17-8-14-16(9-18(17)24-2)22(10-21-14)15-5-6-20-13-4-3-11(19)7-12(13)15/h3-10H,1-2H3. The fourth-order valence-electron chi connectivity index (χ4n) is 2.84. The number of pyridine rings is 1. The van der Waals surface area contributed by atoms with Gasteiger partial charge < -0.3 is 9.47 Å². The van der Waals surface area contributed by atoms with Crippen LogP contribution in [-0.4, -0.2) is 28.8 Å². The van der Waals surface area contributed by atoms with Gasteiger partial charge >= 0.3 is 0 Å². The number of hydrogen-bond donors (Lipinski definition) is 0. The van der Waals surface area contributed by atoms with E-state index >= 15 is 0 Å². The Kier molecular flexibility index (Phi) is 3.50. The van der Waals surface area contributed by atoms with Gasteiger partial charge in [0.05, 0.1) is 36.5 Å². The minimum Gasteiger partial charge on any atom is -0.493 e. The first-order valence-corrected chi connectivity index (χ1v) is 7.73. The minimum absolute atomic E-state index is 0.651. The molecule has 0 spiro atoms. The molecule has 2 aromatic heterocycles. The summed E-state index contributed by atoms with van der Waals surface area (Å²) in [5.41, 5.74) is 3.57. The van der Waals surface area contributed by atoms with Gasteiger partial charge in [-0.2, -0.15) is 0 Å². The summed E-state index contributed by atoms with van der Waals surface area (Å²) in [5, 5.41) is 1.62. The van der Waals surface area contributed by atoms with E-state index in [1.54, 1.807) is 26.7 Å². The number of rotatable bonds is 3. The second-order valence-electron chi connectivity index (χ2n) is 5.30. The highest BCUT2D eigenvalue weighted by Gasteiger charge is 2.13. The summed E-state index contributed by atoms with van der Waals surface area (Å²) in [7, 11) is 3.23. The molecule has 5 nitrogen and oxygen atoms in total. The molecule has 6 heteroatoms. The maximum Gasteiger partial charge on any atom is 0.163 e. The Morgan fingerprint density at radius 3 is 2.50 bits per heavy atom. The van der Waals surface area contributed by atoms with E-state index in [2.05, 4.69) is 9.97 Å². The van der Waals surface area contributed by atoms with Crippen LogP contribution in [0.2, 0.25) is 5.02 Å². The molecule has 2 aromatic carbocycles. The molecule has 0 aliphatic carbocycles. The van der Waals surface area contributed by atoms with E-state index in [0.717, 1.165) is 27.6 Å². The lowest BCUT2D eigenvalue weighted by Gasteiger charge is -2.11. The van der Waals surface area contributed by atoms with E-state index in [4.69, 9.17) is 21.1 Å². The molecule has 0 aliphatic heterocycles. The molecule has 4 rings (SSSR count). The van der Waals surface area contributed by atoms with Crippen LogP contribution in [-0.2, 0) is 0 Å². The zero-order chi connectivity index (χ0) is 16.7. The van der Waals surface area contributed by atoms with E-state index < -0.39 is 0 Å². The van der Waals surface area contributed by atoms with Gasteiger partial charge in [-0.05, 0) is 24.3 Å². The Hall–Kier alpha value is -2.79. The molecule has 120 valence electrons. The van der Waals surface area contributed by atoms with Crippen molar-refractivity contribution in [2.24, 2.45) is 0 Å². The van der Waals surface area contributed by atoms with Crippen molar-refractivity contribution in [1.82, 2.24) is 14.5 Å². The molecular formula is C18H14ClN3O2. The van der Waals surface area contributed by atoms with Crippen molar-refractivity contribution in [2.45, 2.75) is 0 Å². The molecule has 0 saturated carbocycles. The van der Waals surface area contributed by atoms with Crippen LogP contribution in [0, 0.1) is 0 Å². The summed E-state index contributed by atoms with van der Waals surface area (Å²) in [6.45, 7) is 0. The topological polar surface area (TPSA) is 49.2 Å². The van der Waals surface area contributed by atoms with E-state index in [1.165, 1.54) is 0 Å². The van der Waals surface area contributed by atoms with Gasteiger partial charge in [0.1, 0.15) is 6.33 Å². The molecule has 24 heavy (non-hydrogen) atoms. The Balaban J connectivity index is 2.02. The smallest absolute Gasteiger partial charge is 0.163 e. The summed E-state index contributed by atoms with van der Waals surface area (Å²) in [6.07, 6.45) is 3.55. The van der Waals surface area contributed by atoms with Crippen LogP contribution in [0.1, 0.15) is 0 Å². The number of halogens is 1. The molecule has 0 fully saturated rings. The third kappa shape index (κ3) is 2.25. The highest BCUT2D eigenvalue weighted by Crippen LogP contribution is 2.34. The number of hydrogen-bond acceptors (Lipinski definition) is 4. The number of fused-ring (bicyclic) bond motifs is 2. The summed E-state index contributed by atoms with van der Waals surface area (Å²) in [5.74, 6) is 1.31. The Morgan fingerprint density at radius 2 is 1.71 bits per heavy atom. The normalized spacial score (nSPS) is 11.1. The predicted molar refractivity (Wildman–Crippen MR) is 94.5 cm³/mol. The summed E-state index contributed by atoms with van der Waals surface area (Å²) >= 11 is 6.17. The molecule has 0 unspecified atom stereocenters. The van der Waals surface area contributed by atoms with Gasteiger partial charge in [-0.1, -0.05) is 11.6 Å². The second-order valence-corrected chi connectivity index (χ2v) is 5.74. The largest absolute Gasteiger partial charge is 0.493 e.